The van der Waals surface area contributed by atoms with Gasteiger partial charge in [-0.05, 0) is 45.1 Å². The molecule has 0 radical (unpaired) electrons. The van der Waals surface area contributed by atoms with Gasteiger partial charge in [0.25, 0.3) is 0 Å². The number of nitrogens with zero attached hydrogens (tertiary/aromatic N) is 2. The third kappa shape index (κ3) is 2.56. The fourth-order valence-corrected chi connectivity index (χ4v) is 4.22. The molecule has 2 unspecified atom stereocenters. The molecule has 2 aliphatic heterocycles. The summed E-state index contributed by atoms with van der Waals surface area (Å²) in [7, 11) is 0. The fraction of sp³-hybridized carbons (Fsp3) is 0.875. The van der Waals surface area contributed by atoms with Gasteiger partial charge in [0.1, 0.15) is 5.41 Å². The van der Waals surface area contributed by atoms with Crippen LogP contribution in [0.2, 0.25) is 0 Å². The minimum Gasteiger partial charge on any atom is -0.352 e. The van der Waals surface area contributed by atoms with E-state index >= 15 is 0 Å². The molecule has 2 atom stereocenters. The second-order valence-electron chi connectivity index (χ2n) is 6.78. The quantitative estimate of drug-likeness (QED) is 0.840. The minimum atomic E-state index is -0.731. The van der Waals surface area contributed by atoms with Crippen LogP contribution in [0.25, 0.3) is 0 Å². The predicted molar refractivity (Wildman–Crippen MR) is 76.9 cm³/mol. The normalized spacial score (nSPS) is 33.1. The lowest BCUT2D eigenvalue weighted by atomic mass is 9.74. The number of hydrogen-bond donors (Lipinski definition) is 1. The van der Waals surface area contributed by atoms with Crippen LogP contribution < -0.4 is 5.32 Å². The van der Waals surface area contributed by atoms with Crippen LogP contribution in [0.1, 0.15) is 57.8 Å². The Morgan fingerprint density at radius 3 is 2.70 bits per heavy atom. The number of hydrogen-bond acceptors (Lipinski definition) is 3. The summed E-state index contributed by atoms with van der Waals surface area (Å²) in [5, 5.41) is 12.7. The molecule has 3 fully saturated rings. The highest BCUT2D eigenvalue weighted by molar-refractivity contribution is 5.85. The van der Waals surface area contributed by atoms with E-state index in [0.717, 1.165) is 51.5 Å². The number of fused-ring (bicyclic) bond motifs is 1. The smallest absolute Gasteiger partial charge is 0.240 e. The average Bonchev–Trinajstić information content (AvgIpc) is 2.95. The van der Waals surface area contributed by atoms with Crippen LogP contribution >= 0.6 is 0 Å². The van der Waals surface area contributed by atoms with Gasteiger partial charge in [-0.25, -0.2) is 0 Å². The number of carbonyl (C=O) groups is 1. The van der Waals surface area contributed by atoms with Crippen LogP contribution in [0.3, 0.4) is 0 Å². The van der Waals surface area contributed by atoms with Crippen molar-refractivity contribution in [3.05, 3.63) is 0 Å². The van der Waals surface area contributed by atoms with Gasteiger partial charge >= 0.3 is 0 Å². The first-order chi connectivity index (χ1) is 9.73. The zero-order chi connectivity index (χ0) is 14.0. The number of piperidine rings is 1. The molecule has 3 rings (SSSR count). The summed E-state index contributed by atoms with van der Waals surface area (Å²) in [6.07, 6.45) is 9.39. The Hall–Kier alpha value is -1.08. The summed E-state index contributed by atoms with van der Waals surface area (Å²) in [5.41, 5.74) is -0.731. The molecule has 0 aromatic carbocycles. The SMILES string of the molecule is N#CC1(C(=O)NC2CCN3CCCC3C2)CCCCC1. The number of rotatable bonds is 2. The van der Waals surface area contributed by atoms with E-state index in [1.807, 2.05) is 0 Å². The molecule has 1 aliphatic carbocycles. The zero-order valence-corrected chi connectivity index (χ0v) is 12.2. The molecule has 4 heteroatoms. The van der Waals surface area contributed by atoms with Crippen LogP contribution in [0, 0.1) is 16.7 Å². The van der Waals surface area contributed by atoms with E-state index in [2.05, 4.69) is 16.3 Å². The number of nitriles is 1. The highest BCUT2D eigenvalue weighted by Crippen LogP contribution is 2.36. The summed E-state index contributed by atoms with van der Waals surface area (Å²) in [5.74, 6) is 0.0103. The summed E-state index contributed by atoms with van der Waals surface area (Å²) < 4.78 is 0. The Labute approximate surface area is 121 Å². The molecule has 0 aromatic rings. The highest BCUT2D eigenvalue weighted by atomic mass is 16.2. The molecule has 3 aliphatic rings. The molecule has 1 saturated carbocycles. The molecule has 0 aromatic heterocycles. The number of carbonyl (C=O) groups excluding carboxylic acids is 1. The van der Waals surface area contributed by atoms with Crippen LogP contribution in [-0.2, 0) is 4.79 Å². The van der Waals surface area contributed by atoms with Crippen LogP contribution in [-0.4, -0.2) is 36.0 Å². The van der Waals surface area contributed by atoms with Crippen molar-refractivity contribution < 1.29 is 4.79 Å². The lowest BCUT2D eigenvalue weighted by Gasteiger charge is -2.37. The summed E-state index contributed by atoms with van der Waals surface area (Å²) >= 11 is 0. The number of amides is 1. The summed E-state index contributed by atoms with van der Waals surface area (Å²) in [4.78, 5) is 15.1. The van der Waals surface area contributed by atoms with E-state index in [-0.39, 0.29) is 11.9 Å². The van der Waals surface area contributed by atoms with E-state index in [4.69, 9.17) is 0 Å². The lowest BCUT2D eigenvalue weighted by Crippen LogP contribution is -2.51. The van der Waals surface area contributed by atoms with Gasteiger partial charge in [0.05, 0.1) is 6.07 Å². The molecule has 0 spiro atoms. The second kappa shape index (κ2) is 5.73. The van der Waals surface area contributed by atoms with Crippen molar-refractivity contribution in [1.29, 1.82) is 5.26 Å². The maximum atomic E-state index is 12.6. The first-order valence-corrected chi connectivity index (χ1v) is 8.20. The van der Waals surface area contributed by atoms with Gasteiger partial charge in [-0.15, -0.1) is 0 Å². The average molecular weight is 275 g/mol. The second-order valence-corrected chi connectivity index (χ2v) is 6.78. The van der Waals surface area contributed by atoms with Gasteiger partial charge in [0.2, 0.25) is 5.91 Å². The molecule has 0 bridgehead atoms. The largest absolute Gasteiger partial charge is 0.352 e. The van der Waals surface area contributed by atoms with Crippen LogP contribution in [0.5, 0.6) is 0 Å². The maximum Gasteiger partial charge on any atom is 0.240 e. The van der Waals surface area contributed by atoms with Crippen molar-refractivity contribution in [2.24, 2.45) is 5.41 Å². The van der Waals surface area contributed by atoms with E-state index in [1.54, 1.807) is 0 Å². The topological polar surface area (TPSA) is 56.1 Å². The predicted octanol–water partition coefficient (Wildman–Crippen LogP) is 2.20. The van der Waals surface area contributed by atoms with Crippen molar-refractivity contribution in [1.82, 2.24) is 10.2 Å². The Morgan fingerprint density at radius 1 is 1.15 bits per heavy atom. The van der Waals surface area contributed by atoms with Crippen LogP contribution in [0.15, 0.2) is 0 Å². The first-order valence-electron chi connectivity index (χ1n) is 8.20. The van der Waals surface area contributed by atoms with E-state index in [9.17, 15) is 10.1 Å². The van der Waals surface area contributed by atoms with Crippen molar-refractivity contribution in [3.63, 3.8) is 0 Å². The molecule has 20 heavy (non-hydrogen) atoms. The fourth-order valence-electron chi connectivity index (χ4n) is 4.22. The molecule has 1 amide bonds. The monoisotopic (exact) mass is 275 g/mol. The summed E-state index contributed by atoms with van der Waals surface area (Å²) in [6.45, 7) is 2.34. The van der Waals surface area contributed by atoms with E-state index in [1.165, 1.54) is 19.4 Å². The third-order valence-electron chi connectivity index (χ3n) is 5.51. The molecular weight excluding hydrogens is 250 g/mol. The molecule has 2 saturated heterocycles. The molecule has 2 heterocycles. The lowest BCUT2D eigenvalue weighted by molar-refractivity contribution is -0.130. The van der Waals surface area contributed by atoms with Gasteiger partial charge in [0.15, 0.2) is 0 Å². The Bertz CT molecular complexity index is 408. The van der Waals surface area contributed by atoms with Crippen molar-refractivity contribution in [2.45, 2.75) is 69.9 Å². The summed E-state index contributed by atoms with van der Waals surface area (Å²) in [6, 6.07) is 3.28. The van der Waals surface area contributed by atoms with Crippen molar-refractivity contribution in [3.8, 4) is 6.07 Å². The Kier molecular flexibility index (Phi) is 3.98. The van der Waals surface area contributed by atoms with Gasteiger partial charge in [0, 0.05) is 18.6 Å². The van der Waals surface area contributed by atoms with E-state index in [0.29, 0.717) is 6.04 Å². The standard InChI is InChI=1S/C16H25N3O/c17-12-16(7-2-1-3-8-16)15(20)18-13-6-10-19-9-4-5-14(19)11-13/h13-14H,1-11H2,(H,18,20). The highest BCUT2D eigenvalue weighted by Gasteiger charge is 2.41. The molecular formula is C16H25N3O. The third-order valence-corrected chi connectivity index (χ3v) is 5.51. The van der Waals surface area contributed by atoms with Gasteiger partial charge < -0.3 is 10.2 Å². The number of nitrogens with one attached hydrogen (secondary N) is 1. The van der Waals surface area contributed by atoms with Crippen LogP contribution in [0.4, 0.5) is 0 Å². The Balaban J connectivity index is 1.59. The van der Waals surface area contributed by atoms with Crippen molar-refractivity contribution in [2.75, 3.05) is 13.1 Å². The molecule has 110 valence electrons. The van der Waals surface area contributed by atoms with Gasteiger partial charge in [-0.3, -0.25) is 4.79 Å². The minimum absolute atomic E-state index is 0.0103. The van der Waals surface area contributed by atoms with E-state index < -0.39 is 5.41 Å². The maximum absolute atomic E-state index is 12.6. The molecule has 1 N–H and O–H groups in total. The van der Waals surface area contributed by atoms with Gasteiger partial charge in [-0.1, -0.05) is 19.3 Å². The van der Waals surface area contributed by atoms with Gasteiger partial charge in [-0.2, -0.15) is 5.26 Å². The zero-order valence-electron chi connectivity index (χ0n) is 12.2. The Morgan fingerprint density at radius 2 is 1.95 bits per heavy atom. The first kappa shape index (κ1) is 13.9. The van der Waals surface area contributed by atoms with Crippen molar-refractivity contribution >= 4 is 5.91 Å². The molecule has 4 nitrogen and oxygen atoms in total.